The van der Waals surface area contributed by atoms with Crippen molar-refractivity contribution in [3.8, 4) is 23.0 Å². The van der Waals surface area contributed by atoms with Crippen LogP contribution in [0.4, 0.5) is 5.69 Å². The molecule has 6 rings (SSSR count). The summed E-state index contributed by atoms with van der Waals surface area (Å²) in [5.74, 6) is -0.0720. The summed E-state index contributed by atoms with van der Waals surface area (Å²) in [7, 11) is 0. The first kappa shape index (κ1) is 21.5. The number of phenols is 2. The van der Waals surface area contributed by atoms with Crippen molar-refractivity contribution >= 4 is 17.6 Å². The van der Waals surface area contributed by atoms with Gasteiger partial charge in [-0.05, 0) is 36.4 Å². The quantitative estimate of drug-likeness (QED) is 0.429. The Hall–Kier alpha value is -4.08. The summed E-state index contributed by atoms with van der Waals surface area (Å²) in [5, 5.41) is 26.2. The maximum Gasteiger partial charge on any atom is 0.340 e. The number of anilines is 1. The Bertz CT molecular complexity index is 1310. The molecule has 0 unspecified atom stereocenters. The highest BCUT2D eigenvalue weighted by Crippen LogP contribution is 2.57. The molecule has 9 heteroatoms. The van der Waals surface area contributed by atoms with Gasteiger partial charge in [0.15, 0.2) is 5.60 Å². The molecule has 1 fully saturated rings. The molecule has 35 heavy (non-hydrogen) atoms. The maximum absolute atomic E-state index is 13.2. The predicted molar refractivity (Wildman–Crippen MR) is 126 cm³/mol. The first-order valence-corrected chi connectivity index (χ1v) is 11.4. The van der Waals surface area contributed by atoms with Crippen LogP contribution in [-0.4, -0.2) is 59.7 Å². The first-order chi connectivity index (χ1) is 16.9. The third kappa shape index (κ3) is 3.48. The molecule has 0 bridgehead atoms. The van der Waals surface area contributed by atoms with Crippen LogP contribution in [0.1, 0.15) is 27.0 Å². The molecule has 3 aliphatic heterocycles. The van der Waals surface area contributed by atoms with Gasteiger partial charge in [0.25, 0.3) is 0 Å². The predicted octanol–water partition coefficient (Wildman–Crippen LogP) is 2.51. The van der Waals surface area contributed by atoms with Gasteiger partial charge in [0.05, 0.1) is 12.1 Å². The van der Waals surface area contributed by atoms with Gasteiger partial charge in [-0.1, -0.05) is 6.07 Å². The molecule has 0 aliphatic carbocycles. The van der Waals surface area contributed by atoms with E-state index in [9.17, 15) is 19.8 Å². The largest absolute Gasteiger partial charge is 0.508 e. The third-order valence-corrected chi connectivity index (χ3v) is 6.63. The third-order valence-electron chi connectivity index (χ3n) is 6.63. The summed E-state index contributed by atoms with van der Waals surface area (Å²) in [6.45, 7) is 3.58. The van der Waals surface area contributed by atoms with Crippen LogP contribution in [0.3, 0.4) is 0 Å². The molecular weight excluding hydrogens is 450 g/mol. The lowest BCUT2D eigenvalue weighted by Gasteiger charge is -2.36. The lowest BCUT2D eigenvalue weighted by molar-refractivity contribution is -0.117. The van der Waals surface area contributed by atoms with Gasteiger partial charge >= 0.3 is 5.97 Å². The number of nitrogens with zero attached hydrogens (tertiary/aromatic N) is 1. The van der Waals surface area contributed by atoms with Gasteiger partial charge in [0.1, 0.15) is 23.0 Å². The number of carbonyl (C=O) groups is 2. The number of hydrogen-bond acceptors (Lipinski definition) is 8. The average molecular weight is 473 g/mol. The molecule has 0 saturated carbocycles. The Labute approximate surface area is 200 Å². The molecule has 3 aliphatic rings. The Balaban J connectivity index is 1.40. The van der Waals surface area contributed by atoms with Gasteiger partial charge in [0, 0.05) is 60.7 Å². The summed E-state index contributed by atoms with van der Waals surface area (Å²) in [4.78, 5) is 27.8. The second kappa shape index (κ2) is 8.00. The van der Waals surface area contributed by atoms with E-state index in [0.717, 1.165) is 26.2 Å². The van der Waals surface area contributed by atoms with Crippen LogP contribution < -0.4 is 15.4 Å². The highest BCUT2D eigenvalue weighted by atomic mass is 16.6. The second-order valence-electron chi connectivity index (χ2n) is 8.87. The van der Waals surface area contributed by atoms with E-state index in [2.05, 4.69) is 15.5 Å². The number of carbonyl (C=O) groups excluding carboxylic acids is 2. The average Bonchev–Trinajstić information content (AvgIpc) is 3.11. The van der Waals surface area contributed by atoms with Gasteiger partial charge in [-0.3, -0.25) is 9.69 Å². The fourth-order valence-corrected chi connectivity index (χ4v) is 5.06. The Kier molecular flexibility index (Phi) is 4.91. The number of nitrogens with one attached hydrogen (secondary N) is 2. The number of esters is 1. The molecule has 3 aromatic rings. The number of fused-ring (bicyclic) bond motifs is 6. The molecule has 1 amide bonds. The molecule has 178 valence electrons. The number of phenolic OH excluding ortho intramolecular Hbond substituents is 2. The van der Waals surface area contributed by atoms with Crippen LogP contribution in [0, 0.1) is 0 Å². The summed E-state index contributed by atoms with van der Waals surface area (Å²) in [6, 6.07) is 14.3. The van der Waals surface area contributed by atoms with E-state index in [-0.39, 0.29) is 24.0 Å². The molecule has 3 aromatic carbocycles. The molecule has 0 atom stereocenters. The smallest absolute Gasteiger partial charge is 0.340 e. The van der Waals surface area contributed by atoms with Gasteiger partial charge < -0.3 is 30.3 Å². The highest BCUT2D eigenvalue weighted by molar-refractivity contribution is 6.00. The minimum Gasteiger partial charge on any atom is -0.508 e. The van der Waals surface area contributed by atoms with Crippen molar-refractivity contribution in [3.05, 3.63) is 76.9 Å². The monoisotopic (exact) mass is 473 g/mol. The number of ether oxygens (including phenoxy) is 2. The Morgan fingerprint density at radius 3 is 2.23 bits per heavy atom. The van der Waals surface area contributed by atoms with Crippen LogP contribution in [0.5, 0.6) is 23.0 Å². The van der Waals surface area contributed by atoms with Gasteiger partial charge in [-0.15, -0.1) is 0 Å². The van der Waals surface area contributed by atoms with E-state index in [0.29, 0.717) is 39.4 Å². The van der Waals surface area contributed by atoms with Crippen LogP contribution in [0.2, 0.25) is 0 Å². The molecule has 3 heterocycles. The molecule has 9 nitrogen and oxygen atoms in total. The van der Waals surface area contributed by atoms with Crippen molar-refractivity contribution < 1.29 is 29.3 Å². The van der Waals surface area contributed by atoms with Crippen molar-refractivity contribution in [1.29, 1.82) is 0 Å². The van der Waals surface area contributed by atoms with Gasteiger partial charge in [0.2, 0.25) is 5.91 Å². The lowest BCUT2D eigenvalue weighted by atomic mass is 9.77. The number of benzene rings is 3. The van der Waals surface area contributed by atoms with Crippen molar-refractivity contribution in [2.75, 3.05) is 38.0 Å². The van der Waals surface area contributed by atoms with E-state index in [4.69, 9.17) is 9.47 Å². The molecule has 0 aromatic heterocycles. The van der Waals surface area contributed by atoms with Crippen LogP contribution in [0.25, 0.3) is 0 Å². The molecule has 4 N–H and O–H groups in total. The SMILES string of the molecule is O=C(CN1CCNCC1)Nc1ccc2c(c1)C(=O)OC21c2ccc(O)cc2Oc2cc(O)ccc21. The van der Waals surface area contributed by atoms with Crippen LogP contribution in [0.15, 0.2) is 54.6 Å². The maximum atomic E-state index is 13.2. The fraction of sp³-hybridized carbons (Fsp3) is 0.231. The van der Waals surface area contributed by atoms with E-state index >= 15 is 0 Å². The number of piperazine rings is 1. The highest BCUT2D eigenvalue weighted by Gasteiger charge is 2.53. The zero-order valence-corrected chi connectivity index (χ0v) is 18.7. The van der Waals surface area contributed by atoms with Crippen molar-refractivity contribution in [2.24, 2.45) is 0 Å². The number of amides is 1. The minimum atomic E-state index is -1.32. The topological polar surface area (TPSA) is 120 Å². The van der Waals surface area contributed by atoms with E-state index in [1.54, 1.807) is 30.3 Å². The molecule has 1 spiro atoms. The van der Waals surface area contributed by atoms with Crippen LogP contribution >= 0.6 is 0 Å². The van der Waals surface area contributed by atoms with Gasteiger partial charge in [-0.2, -0.15) is 0 Å². The summed E-state index contributed by atoms with van der Waals surface area (Å²) in [5.41, 5.74) is 1.20. The molecule has 0 radical (unpaired) electrons. The van der Waals surface area contributed by atoms with E-state index in [1.807, 2.05) is 0 Å². The summed E-state index contributed by atoms with van der Waals surface area (Å²) >= 11 is 0. The molecular formula is C26H23N3O6. The lowest BCUT2D eigenvalue weighted by Crippen LogP contribution is -2.46. The van der Waals surface area contributed by atoms with E-state index in [1.165, 1.54) is 24.3 Å². The zero-order valence-electron chi connectivity index (χ0n) is 18.7. The standard InChI is InChI=1S/C26H23N3O6/c30-16-2-5-20-22(12-16)34-23-13-17(31)3-6-21(23)26(20)19-4-1-15(11-18(19)25(33)35-26)28-24(32)14-29-9-7-27-8-10-29/h1-6,11-13,27,30-31H,7-10,14H2,(H,28,32). The number of rotatable bonds is 3. The van der Waals surface area contributed by atoms with Gasteiger partial charge in [-0.25, -0.2) is 4.79 Å². The zero-order chi connectivity index (χ0) is 24.2. The normalized spacial score (nSPS) is 17.7. The number of hydrogen-bond donors (Lipinski definition) is 4. The van der Waals surface area contributed by atoms with Crippen molar-refractivity contribution in [3.63, 3.8) is 0 Å². The summed E-state index contributed by atoms with van der Waals surface area (Å²) < 4.78 is 12.0. The fourth-order valence-electron chi connectivity index (χ4n) is 5.06. The first-order valence-electron chi connectivity index (χ1n) is 11.4. The van der Waals surface area contributed by atoms with Crippen LogP contribution in [-0.2, 0) is 15.1 Å². The second-order valence-corrected chi connectivity index (χ2v) is 8.87. The Morgan fingerprint density at radius 1 is 0.943 bits per heavy atom. The van der Waals surface area contributed by atoms with E-state index < -0.39 is 11.6 Å². The van der Waals surface area contributed by atoms with Crippen molar-refractivity contribution in [1.82, 2.24) is 10.2 Å². The van der Waals surface area contributed by atoms with Crippen molar-refractivity contribution in [2.45, 2.75) is 5.60 Å². The number of aromatic hydroxyl groups is 2. The Morgan fingerprint density at radius 2 is 1.57 bits per heavy atom. The molecule has 1 saturated heterocycles. The minimum absolute atomic E-state index is 0.00500. The summed E-state index contributed by atoms with van der Waals surface area (Å²) in [6.07, 6.45) is 0.